The molecule has 2 aliphatic rings. The lowest BCUT2D eigenvalue weighted by atomic mass is 10.2. The van der Waals surface area contributed by atoms with Gasteiger partial charge in [-0.3, -0.25) is 4.68 Å². The van der Waals surface area contributed by atoms with E-state index in [1.54, 1.807) is 0 Å². The van der Waals surface area contributed by atoms with Gasteiger partial charge in [0.2, 0.25) is 0 Å². The fraction of sp³-hybridized carbons (Fsp3) is 0.727. The standard InChI is InChI=1S/C11H17N3O2S/c12-5-11-9-6-17(15,16)7-10(9)13-14(11)8-3-1-2-4-8/h8H,1-7,12H2. The van der Waals surface area contributed by atoms with E-state index in [4.69, 9.17) is 5.73 Å². The van der Waals surface area contributed by atoms with Crippen LogP contribution in [-0.2, 0) is 27.9 Å². The molecule has 1 aliphatic heterocycles. The molecular weight excluding hydrogens is 238 g/mol. The second kappa shape index (κ2) is 3.81. The molecule has 3 rings (SSSR count). The first kappa shape index (κ1) is 11.2. The number of nitrogens with zero attached hydrogens (tertiary/aromatic N) is 2. The van der Waals surface area contributed by atoms with Crippen molar-refractivity contribution in [3.8, 4) is 0 Å². The Kier molecular flexibility index (Phi) is 2.52. The number of hydrogen-bond acceptors (Lipinski definition) is 4. The van der Waals surface area contributed by atoms with Crippen molar-refractivity contribution in [2.45, 2.75) is 49.8 Å². The summed E-state index contributed by atoms with van der Waals surface area (Å²) in [5, 5.41) is 4.50. The van der Waals surface area contributed by atoms with Crippen LogP contribution in [0, 0.1) is 0 Å². The monoisotopic (exact) mass is 255 g/mol. The van der Waals surface area contributed by atoms with E-state index in [1.165, 1.54) is 12.8 Å². The number of rotatable bonds is 2. The third-order valence-corrected chi connectivity index (χ3v) is 5.23. The zero-order valence-electron chi connectivity index (χ0n) is 9.72. The molecular formula is C11H17N3O2S. The van der Waals surface area contributed by atoms with Crippen LogP contribution in [0.1, 0.15) is 48.7 Å². The number of aromatic nitrogens is 2. The summed E-state index contributed by atoms with van der Waals surface area (Å²) >= 11 is 0. The molecule has 1 fully saturated rings. The normalized spacial score (nSPS) is 23.1. The first-order chi connectivity index (χ1) is 8.11. The van der Waals surface area contributed by atoms with Gasteiger partial charge in [-0.15, -0.1) is 0 Å². The minimum absolute atomic E-state index is 0.0923. The maximum Gasteiger partial charge on any atom is 0.160 e. The minimum Gasteiger partial charge on any atom is -0.325 e. The fourth-order valence-corrected chi connectivity index (χ4v) is 4.51. The SMILES string of the molecule is NCc1c2c(nn1C1CCCC1)CS(=O)(=O)C2. The Morgan fingerprint density at radius 3 is 2.65 bits per heavy atom. The molecule has 1 saturated carbocycles. The van der Waals surface area contributed by atoms with Crippen molar-refractivity contribution in [2.75, 3.05) is 0 Å². The minimum atomic E-state index is -2.97. The highest BCUT2D eigenvalue weighted by Gasteiger charge is 2.33. The third kappa shape index (κ3) is 1.79. The quantitative estimate of drug-likeness (QED) is 0.851. The molecule has 0 amide bonds. The average Bonchev–Trinajstić information content (AvgIpc) is 2.89. The van der Waals surface area contributed by atoms with Crippen molar-refractivity contribution in [2.24, 2.45) is 5.73 Å². The summed E-state index contributed by atoms with van der Waals surface area (Å²) in [7, 11) is -2.97. The molecule has 2 heterocycles. The molecule has 1 aliphatic carbocycles. The van der Waals surface area contributed by atoms with Gasteiger partial charge in [0, 0.05) is 12.1 Å². The van der Waals surface area contributed by atoms with Crippen LogP contribution >= 0.6 is 0 Å². The molecule has 0 radical (unpaired) electrons. The molecule has 1 aromatic rings. The van der Waals surface area contributed by atoms with Crippen LogP contribution in [0.25, 0.3) is 0 Å². The molecule has 0 aromatic carbocycles. The van der Waals surface area contributed by atoms with E-state index in [0.29, 0.717) is 12.6 Å². The van der Waals surface area contributed by atoms with Crippen LogP contribution in [0.5, 0.6) is 0 Å². The summed E-state index contributed by atoms with van der Waals surface area (Å²) in [6, 6.07) is 0.432. The zero-order valence-corrected chi connectivity index (χ0v) is 10.5. The Morgan fingerprint density at radius 2 is 2.00 bits per heavy atom. The Balaban J connectivity index is 2.03. The summed E-state index contributed by atoms with van der Waals surface area (Å²) in [6.45, 7) is 0.383. The van der Waals surface area contributed by atoms with Crippen LogP contribution in [0.4, 0.5) is 0 Å². The zero-order chi connectivity index (χ0) is 12.0. The molecule has 1 aromatic heterocycles. The lowest BCUT2D eigenvalue weighted by Gasteiger charge is -2.14. The van der Waals surface area contributed by atoms with Crippen molar-refractivity contribution in [3.05, 3.63) is 17.0 Å². The molecule has 5 nitrogen and oxygen atoms in total. The summed E-state index contributed by atoms with van der Waals surface area (Å²) < 4.78 is 25.1. The van der Waals surface area contributed by atoms with E-state index in [-0.39, 0.29) is 11.5 Å². The second-order valence-electron chi connectivity index (χ2n) is 4.99. The Labute approximate surface area is 101 Å². The van der Waals surface area contributed by atoms with Crippen molar-refractivity contribution in [1.29, 1.82) is 0 Å². The van der Waals surface area contributed by atoms with Crippen LogP contribution in [0.3, 0.4) is 0 Å². The third-order valence-electron chi connectivity index (χ3n) is 3.79. The highest BCUT2D eigenvalue weighted by molar-refractivity contribution is 7.90. The molecule has 0 saturated heterocycles. The molecule has 0 atom stereocenters. The van der Waals surface area contributed by atoms with Crippen LogP contribution < -0.4 is 5.73 Å². The van der Waals surface area contributed by atoms with E-state index in [1.807, 2.05) is 4.68 Å². The van der Waals surface area contributed by atoms with Crippen LogP contribution in [-0.4, -0.2) is 18.2 Å². The molecule has 17 heavy (non-hydrogen) atoms. The van der Waals surface area contributed by atoms with Crippen molar-refractivity contribution < 1.29 is 8.42 Å². The predicted octanol–water partition coefficient (Wildman–Crippen LogP) is 0.885. The number of sulfone groups is 1. The van der Waals surface area contributed by atoms with Crippen LogP contribution in [0.2, 0.25) is 0 Å². The molecule has 94 valence electrons. The summed E-state index contributed by atoms with van der Waals surface area (Å²) in [5.41, 5.74) is 8.31. The Morgan fingerprint density at radius 1 is 1.29 bits per heavy atom. The van der Waals surface area contributed by atoms with Gasteiger partial charge in [-0.25, -0.2) is 8.42 Å². The molecule has 2 N–H and O–H groups in total. The van der Waals surface area contributed by atoms with Gasteiger partial charge in [-0.1, -0.05) is 12.8 Å². The number of fused-ring (bicyclic) bond motifs is 1. The Hall–Kier alpha value is -0.880. The summed E-state index contributed by atoms with van der Waals surface area (Å²) in [4.78, 5) is 0. The van der Waals surface area contributed by atoms with Gasteiger partial charge < -0.3 is 5.73 Å². The molecule has 0 unspecified atom stereocenters. The van der Waals surface area contributed by atoms with E-state index >= 15 is 0 Å². The molecule has 0 bridgehead atoms. The smallest absolute Gasteiger partial charge is 0.160 e. The first-order valence-electron chi connectivity index (χ1n) is 6.10. The number of hydrogen-bond donors (Lipinski definition) is 1. The average molecular weight is 255 g/mol. The van der Waals surface area contributed by atoms with E-state index in [9.17, 15) is 8.42 Å². The van der Waals surface area contributed by atoms with Crippen molar-refractivity contribution in [1.82, 2.24) is 9.78 Å². The van der Waals surface area contributed by atoms with E-state index < -0.39 is 9.84 Å². The van der Waals surface area contributed by atoms with E-state index in [2.05, 4.69) is 5.10 Å². The lowest BCUT2D eigenvalue weighted by molar-refractivity contribution is 0.446. The Bertz CT molecular complexity index is 541. The van der Waals surface area contributed by atoms with Gasteiger partial charge in [0.25, 0.3) is 0 Å². The van der Waals surface area contributed by atoms with Crippen molar-refractivity contribution >= 4 is 9.84 Å². The van der Waals surface area contributed by atoms with Gasteiger partial charge >= 0.3 is 0 Å². The maximum absolute atomic E-state index is 11.6. The van der Waals surface area contributed by atoms with Gasteiger partial charge in [0.05, 0.1) is 28.9 Å². The maximum atomic E-state index is 11.6. The lowest BCUT2D eigenvalue weighted by Crippen LogP contribution is -2.15. The van der Waals surface area contributed by atoms with Crippen molar-refractivity contribution in [3.63, 3.8) is 0 Å². The van der Waals surface area contributed by atoms with Gasteiger partial charge in [0.1, 0.15) is 0 Å². The van der Waals surface area contributed by atoms with Gasteiger partial charge in [-0.05, 0) is 12.8 Å². The summed E-state index contributed by atoms with van der Waals surface area (Å²) in [5.74, 6) is 0.219. The topological polar surface area (TPSA) is 78.0 Å². The molecule has 0 spiro atoms. The highest BCUT2D eigenvalue weighted by atomic mass is 32.2. The molecule has 6 heteroatoms. The highest BCUT2D eigenvalue weighted by Crippen LogP contribution is 2.34. The van der Waals surface area contributed by atoms with Gasteiger partial charge in [0.15, 0.2) is 9.84 Å². The second-order valence-corrected chi connectivity index (χ2v) is 7.06. The summed E-state index contributed by atoms with van der Waals surface area (Å²) in [6.07, 6.45) is 4.75. The number of nitrogens with two attached hydrogens (primary N) is 1. The fourth-order valence-electron chi connectivity index (χ4n) is 2.99. The van der Waals surface area contributed by atoms with Crippen LogP contribution in [0.15, 0.2) is 0 Å². The largest absolute Gasteiger partial charge is 0.325 e. The van der Waals surface area contributed by atoms with E-state index in [0.717, 1.165) is 29.8 Å². The first-order valence-corrected chi connectivity index (χ1v) is 7.92. The van der Waals surface area contributed by atoms with Gasteiger partial charge in [-0.2, -0.15) is 5.10 Å². The predicted molar refractivity (Wildman–Crippen MR) is 64.0 cm³/mol.